The Morgan fingerprint density at radius 2 is 1.66 bits per heavy atom. The van der Waals surface area contributed by atoms with Gasteiger partial charge in [0, 0.05) is 5.39 Å². The Kier molecular flexibility index (Phi) is 8.08. The molecule has 0 saturated heterocycles. The van der Waals surface area contributed by atoms with Crippen molar-refractivity contribution >= 4 is 26.6 Å². The first kappa shape index (κ1) is 23.6. The van der Waals surface area contributed by atoms with E-state index in [0.29, 0.717) is 11.5 Å². The quantitative estimate of drug-likeness (QED) is 0.441. The number of rotatable bonds is 11. The third-order valence-corrected chi connectivity index (χ3v) is 6.58. The molecule has 1 unspecified atom stereocenters. The number of hydrogen-bond acceptors (Lipinski definition) is 7. The number of hydrogen-bond donors (Lipinski definition) is 1. The molecule has 0 radical (unpaired) electrons. The van der Waals surface area contributed by atoms with E-state index >= 15 is 0 Å². The number of sulfone groups is 1. The fourth-order valence-electron chi connectivity index (χ4n) is 3.28. The van der Waals surface area contributed by atoms with Crippen molar-refractivity contribution in [2.75, 3.05) is 31.8 Å². The SMILES string of the molecule is COC(=O)COc1cccc2c(CCS(=O)(=O)CC(O)COc3ccccc3)cccc12. The van der Waals surface area contributed by atoms with E-state index in [9.17, 15) is 18.3 Å². The highest BCUT2D eigenvalue weighted by molar-refractivity contribution is 7.91. The molecule has 0 aliphatic rings. The van der Waals surface area contributed by atoms with E-state index in [2.05, 4.69) is 4.74 Å². The Labute approximate surface area is 187 Å². The molecule has 0 amide bonds. The van der Waals surface area contributed by atoms with Crippen LogP contribution in [-0.4, -0.2) is 57.4 Å². The zero-order valence-electron chi connectivity index (χ0n) is 17.8. The first-order valence-electron chi connectivity index (χ1n) is 10.1. The van der Waals surface area contributed by atoms with Gasteiger partial charge in [-0.05, 0) is 35.6 Å². The summed E-state index contributed by atoms with van der Waals surface area (Å²) in [4.78, 5) is 11.4. The number of para-hydroxylation sites is 1. The molecule has 0 saturated carbocycles. The summed E-state index contributed by atoms with van der Waals surface area (Å²) >= 11 is 0. The van der Waals surface area contributed by atoms with Crippen LogP contribution in [0.4, 0.5) is 0 Å². The van der Waals surface area contributed by atoms with Gasteiger partial charge in [0.15, 0.2) is 16.4 Å². The largest absolute Gasteiger partial charge is 0.491 e. The second-order valence-corrected chi connectivity index (χ2v) is 9.50. The molecular formula is C24H26O7S. The van der Waals surface area contributed by atoms with Crippen molar-refractivity contribution in [3.05, 3.63) is 72.3 Å². The Hall–Kier alpha value is -3.10. The number of carbonyl (C=O) groups excluding carboxylic acids is 1. The molecular weight excluding hydrogens is 432 g/mol. The lowest BCUT2D eigenvalue weighted by Crippen LogP contribution is -2.29. The van der Waals surface area contributed by atoms with Gasteiger partial charge in [-0.2, -0.15) is 0 Å². The van der Waals surface area contributed by atoms with E-state index < -0.39 is 21.9 Å². The molecule has 0 fully saturated rings. The third-order valence-electron chi connectivity index (χ3n) is 4.86. The lowest BCUT2D eigenvalue weighted by atomic mass is 10.0. The predicted molar refractivity (Wildman–Crippen MR) is 122 cm³/mol. The highest BCUT2D eigenvalue weighted by Crippen LogP contribution is 2.28. The molecule has 3 rings (SSSR count). The van der Waals surface area contributed by atoms with Crippen LogP contribution in [0.1, 0.15) is 5.56 Å². The van der Waals surface area contributed by atoms with Crippen LogP contribution in [0.25, 0.3) is 10.8 Å². The minimum atomic E-state index is -3.51. The maximum Gasteiger partial charge on any atom is 0.343 e. The molecule has 7 nitrogen and oxygen atoms in total. The Bertz CT molecular complexity index is 1140. The van der Waals surface area contributed by atoms with Gasteiger partial charge in [-0.25, -0.2) is 13.2 Å². The molecule has 3 aromatic rings. The van der Waals surface area contributed by atoms with Crippen LogP contribution in [0.15, 0.2) is 66.7 Å². The van der Waals surface area contributed by atoms with Crippen LogP contribution < -0.4 is 9.47 Å². The standard InChI is InChI=1S/C24H26O7S/c1-29-24(26)16-31-23-12-6-10-21-18(7-5-11-22(21)23)13-14-32(27,28)17-19(25)15-30-20-8-3-2-4-9-20/h2-12,19,25H,13-17H2,1H3. The Morgan fingerprint density at radius 1 is 0.938 bits per heavy atom. The number of aliphatic hydroxyl groups is 1. The normalized spacial score (nSPS) is 12.3. The summed E-state index contributed by atoms with van der Waals surface area (Å²) in [6.07, 6.45) is -0.835. The van der Waals surface area contributed by atoms with Crippen LogP contribution in [0, 0.1) is 0 Å². The number of methoxy groups -OCH3 is 1. The van der Waals surface area contributed by atoms with Gasteiger partial charge in [0.1, 0.15) is 24.2 Å². The number of ether oxygens (including phenoxy) is 3. The molecule has 0 aromatic heterocycles. The third kappa shape index (κ3) is 6.70. The summed E-state index contributed by atoms with van der Waals surface area (Å²) in [5, 5.41) is 11.7. The van der Waals surface area contributed by atoms with E-state index in [0.717, 1.165) is 16.3 Å². The van der Waals surface area contributed by atoms with Gasteiger partial charge < -0.3 is 19.3 Å². The van der Waals surface area contributed by atoms with Crippen molar-refractivity contribution in [1.82, 2.24) is 0 Å². The number of benzene rings is 3. The number of esters is 1. The number of carbonyl (C=O) groups is 1. The Morgan fingerprint density at radius 3 is 2.41 bits per heavy atom. The van der Waals surface area contributed by atoms with Crippen molar-refractivity contribution in [3.8, 4) is 11.5 Å². The molecule has 32 heavy (non-hydrogen) atoms. The summed E-state index contributed by atoms with van der Waals surface area (Å²) in [5.41, 5.74) is 0.838. The first-order chi connectivity index (χ1) is 15.4. The molecule has 0 aliphatic carbocycles. The van der Waals surface area contributed by atoms with Crippen molar-refractivity contribution < 1.29 is 32.5 Å². The van der Waals surface area contributed by atoms with E-state index in [1.807, 2.05) is 30.3 Å². The van der Waals surface area contributed by atoms with E-state index in [-0.39, 0.29) is 31.1 Å². The molecule has 3 aromatic carbocycles. The van der Waals surface area contributed by atoms with E-state index in [1.165, 1.54) is 7.11 Å². The smallest absolute Gasteiger partial charge is 0.343 e. The molecule has 1 atom stereocenters. The minimum absolute atomic E-state index is 0.0988. The second kappa shape index (κ2) is 11.0. The summed E-state index contributed by atoms with van der Waals surface area (Å²) in [5.74, 6) is 0.120. The first-order valence-corrected chi connectivity index (χ1v) is 12.0. The fraction of sp³-hybridized carbons (Fsp3) is 0.292. The van der Waals surface area contributed by atoms with Crippen molar-refractivity contribution in [1.29, 1.82) is 0 Å². The van der Waals surface area contributed by atoms with Gasteiger partial charge in [-0.3, -0.25) is 0 Å². The molecule has 170 valence electrons. The maximum atomic E-state index is 12.5. The Balaban J connectivity index is 1.62. The maximum absolute atomic E-state index is 12.5. The minimum Gasteiger partial charge on any atom is -0.491 e. The van der Waals surface area contributed by atoms with Gasteiger partial charge in [-0.15, -0.1) is 0 Å². The number of aryl methyl sites for hydroxylation is 1. The lowest BCUT2D eigenvalue weighted by molar-refractivity contribution is -0.142. The van der Waals surface area contributed by atoms with Crippen molar-refractivity contribution in [2.45, 2.75) is 12.5 Å². The molecule has 1 N–H and O–H groups in total. The zero-order valence-corrected chi connectivity index (χ0v) is 18.6. The highest BCUT2D eigenvalue weighted by atomic mass is 32.2. The topological polar surface area (TPSA) is 99.1 Å². The van der Waals surface area contributed by atoms with Gasteiger partial charge in [0.25, 0.3) is 0 Å². The van der Waals surface area contributed by atoms with Crippen LogP contribution in [-0.2, 0) is 25.8 Å². The highest BCUT2D eigenvalue weighted by Gasteiger charge is 2.19. The predicted octanol–water partition coefficient (Wildman–Crippen LogP) is 2.79. The molecule has 0 heterocycles. The molecule has 8 heteroatoms. The fourth-order valence-corrected chi connectivity index (χ4v) is 4.66. The summed E-state index contributed by atoms with van der Waals surface area (Å²) < 4.78 is 40.7. The summed E-state index contributed by atoms with van der Waals surface area (Å²) in [6.45, 7) is -0.310. The van der Waals surface area contributed by atoms with E-state index in [1.54, 1.807) is 36.4 Å². The van der Waals surface area contributed by atoms with Crippen molar-refractivity contribution in [2.24, 2.45) is 0 Å². The van der Waals surface area contributed by atoms with Gasteiger partial charge >= 0.3 is 5.97 Å². The monoisotopic (exact) mass is 458 g/mol. The summed E-state index contributed by atoms with van der Waals surface area (Å²) in [7, 11) is -2.22. The van der Waals surface area contributed by atoms with Crippen LogP contribution in [0.5, 0.6) is 11.5 Å². The molecule has 0 spiro atoms. The second-order valence-electron chi connectivity index (χ2n) is 7.28. The van der Waals surface area contributed by atoms with Crippen molar-refractivity contribution in [3.63, 3.8) is 0 Å². The summed E-state index contributed by atoms with van der Waals surface area (Å²) in [6, 6.07) is 19.9. The van der Waals surface area contributed by atoms with Crippen LogP contribution in [0.3, 0.4) is 0 Å². The molecule has 0 aliphatic heterocycles. The van der Waals surface area contributed by atoms with E-state index in [4.69, 9.17) is 9.47 Å². The van der Waals surface area contributed by atoms with Gasteiger partial charge in [0.2, 0.25) is 0 Å². The van der Waals surface area contributed by atoms with Crippen LogP contribution in [0.2, 0.25) is 0 Å². The average Bonchev–Trinajstić information content (AvgIpc) is 2.80. The van der Waals surface area contributed by atoms with Crippen LogP contribution >= 0.6 is 0 Å². The lowest BCUT2D eigenvalue weighted by Gasteiger charge is -2.14. The molecule has 0 bridgehead atoms. The number of aliphatic hydroxyl groups excluding tert-OH is 1. The zero-order chi connectivity index (χ0) is 23.0. The van der Waals surface area contributed by atoms with Gasteiger partial charge in [0.05, 0.1) is 18.6 Å². The number of fused-ring (bicyclic) bond motifs is 1. The van der Waals surface area contributed by atoms with Gasteiger partial charge in [-0.1, -0.05) is 48.5 Å². The average molecular weight is 459 g/mol.